The van der Waals surface area contributed by atoms with Crippen LogP contribution in [0, 0.1) is 0 Å². The van der Waals surface area contributed by atoms with Crippen molar-refractivity contribution in [1.82, 2.24) is 0 Å². The van der Waals surface area contributed by atoms with Gasteiger partial charge in [-0.15, -0.1) is 0 Å². The van der Waals surface area contributed by atoms with Crippen molar-refractivity contribution in [2.45, 2.75) is 105 Å². The summed E-state index contributed by atoms with van der Waals surface area (Å²) in [6, 6.07) is 70.4. The Hall–Kier alpha value is -7.28. The highest BCUT2D eigenvalue weighted by molar-refractivity contribution is 6.33. The van der Waals surface area contributed by atoms with Crippen molar-refractivity contribution in [3.8, 4) is 66.8 Å². The molecule has 72 heavy (non-hydrogen) atoms. The highest BCUT2D eigenvalue weighted by Crippen LogP contribution is 2.60. The fourth-order valence-electron chi connectivity index (χ4n) is 11.9. The van der Waals surface area contributed by atoms with E-state index in [1.54, 1.807) is 0 Å². The van der Waals surface area contributed by atoms with Crippen molar-refractivity contribution in [1.29, 1.82) is 0 Å². The molecule has 0 aromatic heterocycles. The molecule has 0 bridgehead atoms. The van der Waals surface area contributed by atoms with Crippen molar-refractivity contribution >= 4 is 53.9 Å². The van der Waals surface area contributed by atoms with E-state index in [-0.39, 0.29) is 21.7 Å². The highest BCUT2D eigenvalue weighted by Gasteiger charge is 2.34. The lowest BCUT2D eigenvalue weighted by molar-refractivity contribution is 0.568. The standard InChI is InChI=1S/C72H66/c1-69(2,3)48-34-46(35-49(39-48)70(4,5)6)64-57-33-32-45(43-22-14-13-15-23-43)38-62(57)65(47-36-50(71(7,8)9)40-51(37-47)72(10,11)12)67-58-31-21-30-56-61-41-59(53-29-20-25-44-24-16-17-26-52(44)53)54-27-18-19-28-55(54)60(61)42-63(66(56)58)68(64)67/h13-42H,1-12H3. The molecule has 0 atom stereocenters. The topological polar surface area (TPSA) is 0 Å². The summed E-state index contributed by atoms with van der Waals surface area (Å²) < 4.78 is 0. The Bertz CT molecular complexity index is 3970. The van der Waals surface area contributed by atoms with E-state index >= 15 is 0 Å². The smallest absolute Gasteiger partial charge is 0.000719 e. The third-order valence-electron chi connectivity index (χ3n) is 15.9. The molecule has 0 fully saturated rings. The average molecular weight is 931 g/mol. The summed E-state index contributed by atoms with van der Waals surface area (Å²) in [5.74, 6) is 0. The summed E-state index contributed by atoms with van der Waals surface area (Å²) in [6.07, 6.45) is 0. The maximum Gasteiger partial charge on any atom is -0.000719 e. The maximum atomic E-state index is 2.59. The van der Waals surface area contributed by atoms with Gasteiger partial charge in [0.25, 0.3) is 0 Å². The first-order chi connectivity index (χ1) is 34.2. The van der Waals surface area contributed by atoms with E-state index < -0.39 is 0 Å². The lowest BCUT2D eigenvalue weighted by atomic mass is 9.75. The van der Waals surface area contributed by atoms with E-state index in [4.69, 9.17) is 0 Å². The number of rotatable bonds is 4. The molecule has 0 unspecified atom stereocenters. The van der Waals surface area contributed by atoms with Crippen LogP contribution in [0.2, 0.25) is 0 Å². The third kappa shape index (κ3) is 7.40. The Labute approximate surface area is 427 Å². The molecule has 0 nitrogen and oxygen atoms in total. The summed E-state index contributed by atoms with van der Waals surface area (Å²) >= 11 is 0. The second kappa shape index (κ2) is 16.1. The number of fused-ring (bicyclic) bond motifs is 9. The van der Waals surface area contributed by atoms with Crippen LogP contribution in [0.1, 0.15) is 105 Å². The van der Waals surface area contributed by atoms with Crippen LogP contribution in [0.5, 0.6) is 0 Å². The quantitative estimate of drug-likeness (QED) is 0.154. The Kier molecular flexibility index (Phi) is 10.3. The summed E-state index contributed by atoms with van der Waals surface area (Å²) in [5.41, 5.74) is 20.7. The second-order valence-electron chi connectivity index (χ2n) is 25.0. The van der Waals surface area contributed by atoms with Gasteiger partial charge in [0.1, 0.15) is 0 Å². The van der Waals surface area contributed by atoms with E-state index in [1.807, 2.05) is 0 Å². The van der Waals surface area contributed by atoms with Gasteiger partial charge in [-0.05, 0) is 183 Å². The molecule has 0 amide bonds. The van der Waals surface area contributed by atoms with Crippen molar-refractivity contribution in [2.24, 2.45) is 0 Å². The zero-order valence-corrected chi connectivity index (χ0v) is 44.3. The van der Waals surface area contributed by atoms with Crippen LogP contribution < -0.4 is 0 Å². The molecule has 0 spiro atoms. The van der Waals surface area contributed by atoms with Crippen LogP contribution in [0.3, 0.4) is 0 Å². The van der Waals surface area contributed by atoms with Crippen LogP contribution in [0.4, 0.5) is 0 Å². The van der Waals surface area contributed by atoms with Crippen molar-refractivity contribution in [3.05, 3.63) is 204 Å². The zero-order chi connectivity index (χ0) is 50.2. The minimum Gasteiger partial charge on any atom is -0.0622 e. The van der Waals surface area contributed by atoms with E-state index in [9.17, 15) is 0 Å². The van der Waals surface area contributed by atoms with Crippen molar-refractivity contribution in [2.75, 3.05) is 0 Å². The van der Waals surface area contributed by atoms with Gasteiger partial charge in [0.15, 0.2) is 0 Å². The Balaban J connectivity index is 1.31. The summed E-state index contributed by atoms with van der Waals surface area (Å²) in [7, 11) is 0. The van der Waals surface area contributed by atoms with Crippen LogP contribution in [-0.4, -0.2) is 0 Å². The predicted molar refractivity (Wildman–Crippen MR) is 315 cm³/mol. The molecule has 0 aliphatic heterocycles. The largest absolute Gasteiger partial charge is 0.0622 e. The van der Waals surface area contributed by atoms with Crippen LogP contribution in [-0.2, 0) is 21.7 Å². The molecule has 0 N–H and O–H groups in total. The van der Waals surface area contributed by atoms with Gasteiger partial charge >= 0.3 is 0 Å². The van der Waals surface area contributed by atoms with Crippen LogP contribution in [0.25, 0.3) is 121 Å². The molecule has 11 aromatic rings. The Morgan fingerprint density at radius 2 is 0.681 bits per heavy atom. The minimum atomic E-state index is -0.0651. The van der Waals surface area contributed by atoms with Gasteiger partial charge in [-0.25, -0.2) is 0 Å². The number of hydrogen-bond acceptors (Lipinski definition) is 0. The molecule has 0 radical (unpaired) electrons. The highest BCUT2D eigenvalue weighted by atomic mass is 14.4. The number of benzene rings is 11. The molecular weight excluding hydrogens is 865 g/mol. The SMILES string of the molecule is CC(C)(C)c1cc(-c2c3c(c(-c4cc(C(C)(C)C)cc(C(C)(C)C)c4)c4cc(-c5ccccc5)ccc24)-c2cccc4c2c-3cc2c3ccccc3c(-c3cccc5ccccc35)cc42)cc(C(C)(C)C)c1. The molecular formula is C72H66. The van der Waals surface area contributed by atoms with Crippen LogP contribution in [0.15, 0.2) is 182 Å². The maximum absolute atomic E-state index is 2.59. The fraction of sp³-hybridized carbons (Fsp3) is 0.222. The lowest BCUT2D eigenvalue weighted by Crippen LogP contribution is -2.17. The zero-order valence-electron chi connectivity index (χ0n) is 44.3. The van der Waals surface area contributed by atoms with E-state index in [1.165, 1.54) is 143 Å². The summed E-state index contributed by atoms with van der Waals surface area (Å²) in [4.78, 5) is 0. The number of hydrogen-bond donors (Lipinski definition) is 0. The normalized spacial score (nSPS) is 13.0. The Morgan fingerprint density at radius 1 is 0.222 bits per heavy atom. The van der Waals surface area contributed by atoms with E-state index in [0.29, 0.717) is 0 Å². The van der Waals surface area contributed by atoms with Gasteiger partial charge < -0.3 is 0 Å². The molecule has 354 valence electrons. The second-order valence-corrected chi connectivity index (χ2v) is 25.0. The minimum absolute atomic E-state index is 0.0635. The first-order valence-electron chi connectivity index (χ1n) is 26.2. The third-order valence-corrected chi connectivity index (χ3v) is 15.9. The fourth-order valence-corrected chi connectivity index (χ4v) is 11.9. The summed E-state index contributed by atoms with van der Waals surface area (Å²) in [6.45, 7) is 28.4. The van der Waals surface area contributed by atoms with Gasteiger partial charge in [0.2, 0.25) is 0 Å². The molecule has 0 saturated heterocycles. The molecule has 0 heterocycles. The molecule has 11 aromatic carbocycles. The molecule has 0 saturated carbocycles. The molecule has 0 heteroatoms. The van der Waals surface area contributed by atoms with Gasteiger partial charge in [-0.3, -0.25) is 0 Å². The molecule has 1 aliphatic carbocycles. The summed E-state index contributed by atoms with van der Waals surface area (Å²) in [5, 5.41) is 12.9. The van der Waals surface area contributed by atoms with Crippen molar-refractivity contribution < 1.29 is 0 Å². The van der Waals surface area contributed by atoms with Gasteiger partial charge in [0.05, 0.1) is 0 Å². The lowest BCUT2D eigenvalue weighted by Gasteiger charge is -2.29. The van der Waals surface area contributed by atoms with Gasteiger partial charge in [-0.2, -0.15) is 0 Å². The average Bonchev–Trinajstić information content (AvgIpc) is 3.68. The predicted octanol–water partition coefficient (Wildman–Crippen LogP) is 21.0. The Morgan fingerprint density at radius 3 is 1.29 bits per heavy atom. The first-order valence-corrected chi connectivity index (χ1v) is 26.2. The van der Waals surface area contributed by atoms with E-state index in [0.717, 1.165) is 0 Å². The monoisotopic (exact) mass is 931 g/mol. The van der Waals surface area contributed by atoms with Crippen molar-refractivity contribution in [3.63, 3.8) is 0 Å². The first kappa shape index (κ1) is 45.8. The van der Waals surface area contributed by atoms with Gasteiger partial charge in [0, 0.05) is 0 Å². The van der Waals surface area contributed by atoms with E-state index in [2.05, 4.69) is 265 Å². The van der Waals surface area contributed by atoms with Crippen LogP contribution >= 0.6 is 0 Å². The van der Waals surface area contributed by atoms with Gasteiger partial charge in [-0.1, -0.05) is 247 Å². The molecule has 1 aliphatic rings. The molecule has 12 rings (SSSR count).